The number of nitrogens with zero attached hydrogens (tertiary/aromatic N) is 4. The molecule has 32 heavy (non-hydrogen) atoms. The van der Waals surface area contributed by atoms with Crippen LogP contribution in [0.3, 0.4) is 0 Å². The summed E-state index contributed by atoms with van der Waals surface area (Å²) in [7, 11) is -0.852. The molecule has 8 nitrogen and oxygen atoms in total. The van der Waals surface area contributed by atoms with Gasteiger partial charge in [0.1, 0.15) is 5.69 Å². The SMILES string of the molecule is CCS(O)(O)c1ccc(-c2cnc(C)c(-c3nnc(-c4ccc(CNC)cc4)o3)n2)cc1.[HH]. The minimum atomic E-state index is -2.76. The Labute approximate surface area is 189 Å². The number of rotatable bonds is 7. The molecule has 0 spiro atoms. The van der Waals surface area contributed by atoms with Crippen molar-refractivity contribution in [3.63, 3.8) is 0 Å². The summed E-state index contributed by atoms with van der Waals surface area (Å²) in [5.74, 6) is 0.984. The minimum absolute atomic E-state index is 0. The van der Waals surface area contributed by atoms with Crippen LogP contribution in [0.15, 0.2) is 64.0 Å². The molecule has 0 aliphatic rings. The third-order valence-corrected chi connectivity index (χ3v) is 6.93. The Bertz CT molecular complexity index is 1210. The van der Waals surface area contributed by atoms with E-state index in [4.69, 9.17) is 4.42 Å². The van der Waals surface area contributed by atoms with E-state index >= 15 is 0 Å². The largest absolute Gasteiger partial charge is 0.415 e. The Hall–Kier alpha value is -3.11. The first kappa shape index (κ1) is 22.1. The van der Waals surface area contributed by atoms with Crippen molar-refractivity contribution in [3.8, 4) is 34.3 Å². The average molecular weight is 454 g/mol. The third kappa shape index (κ3) is 4.56. The van der Waals surface area contributed by atoms with Crippen LogP contribution in [-0.2, 0) is 6.54 Å². The van der Waals surface area contributed by atoms with Crippen molar-refractivity contribution in [3.05, 3.63) is 66.0 Å². The summed E-state index contributed by atoms with van der Waals surface area (Å²) in [4.78, 5) is 9.63. The summed E-state index contributed by atoms with van der Waals surface area (Å²) in [5, 5.41) is 11.5. The highest BCUT2D eigenvalue weighted by molar-refractivity contribution is 8.24. The Balaban J connectivity index is 0.00000306. The molecule has 0 bridgehead atoms. The second-order valence-corrected chi connectivity index (χ2v) is 9.69. The highest BCUT2D eigenvalue weighted by atomic mass is 32.3. The van der Waals surface area contributed by atoms with Crippen molar-refractivity contribution >= 4 is 10.6 Å². The van der Waals surface area contributed by atoms with Gasteiger partial charge in [-0.1, -0.05) is 24.3 Å². The van der Waals surface area contributed by atoms with E-state index in [1.165, 1.54) is 0 Å². The molecule has 4 rings (SSSR count). The normalized spacial score (nSPS) is 12.2. The Morgan fingerprint density at radius 2 is 1.62 bits per heavy atom. The van der Waals surface area contributed by atoms with Gasteiger partial charge in [0.2, 0.25) is 5.89 Å². The van der Waals surface area contributed by atoms with Gasteiger partial charge in [-0.25, -0.2) is 4.98 Å². The van der Waals surface area contributed by atoms with Crippen molar-refractivity contribution < 1.29 is 14.9 Å². The molecule has 4 aromatic rings. The van der Waals surface area contributed by atoms with Gasteiger partial charge in [0.05, 0.1) is 22.5 Å². The van der Waals surface area contributed by atoms with Crippen LogP contribution in [0.25, 0.3) is 34.3 Å². The first-order valence-corrected chi connectivity index (χ1v) is 11.9. The van der Waals surface area contributed by atoms with Crippen LogP contribution in [0.2, 0.25) is 0 Å². The molecule has 0 amide bonds. The maximum absolute atomic E-state index is 10.1. The van der Waals surface area contributed by atoms with E-state index < -0.39 is 10.6 Å². The number of nitrogens with one attached hydrogen (secondary N) is 1. The molecule has 0 aliphatic carbocycles. The minimum Gasteiger partial charge on any atom is -0.415 e. The molecular formula is C23H27N5O3S. The predicted octanol–water partition coefficient (Wildman–Crippen LogP) is 5.26. The fourth-order valence-corrected chi connectivity index (χ4v) is 4.11. The molecule has 0 aliphatic heterocycles. The lowest BCUT2D eigenvalue weighted by molar-refractivity contribution is 0.488. The number of hydrogen-bond acceptors (Lipinski definition) is 8. The van der Waals surface area contributed by atoms with Gasteiger partial charge >= 0.3 is 0 Å². The topological polar surface area (TPSA) is 117 Å². The van der Waals surface area contributed by atoms with E-state index in [-0.39, 0.29) is 7.18 Å². The summed E-state index contributed by atoms with van der Waals surface area (Å²) in [6, 6.07) is 14.9. The zero-order chi connectivity index (χ0) is 22.7. The molecule has 2 aromatic heterocycles. The smallest absolute Gasteiger partial charge is 0.268 e. The molecule has 2 aromatic carbocycles. The average Bonchev–Trinajstić information content (AvgIpc) is 3.30. The van der Waals surface area contributed by atoms with Crippen molar-refractivity contribution in [2.45, 2.75) is 25.3 Å². The summed E-state index contributed by atoms with van der Waals surface area (Å²) in [5.41, 5.74) is 4.60. The molecule has 0 unspecified atom stereocenters. The number of hydrogen-bond donors (Lipinski definition) is 3. The summed E-state index contributed by atoms with van der Waals surface area (Å²) in [6.07, 6.45) is 1.67. The molecule has 0 fully saturated rings. The highest BCUT2D eigenvalue weighted by Crippen LogP contribution is 2.47. The van der Waals surface area contributed by atoms with Gasteiger partial charge < -0.3 is 9.73 Å². The van der Waals surface area contributed by atoms with Crippen molar-refractivity contribution in [1.82, 2.24) is 25.5 Å². The van der Waals surface area contributed by atoms with Crippen LogP contribution in [0, 0.1) is 6.92 Å². The van der Waals surface area contributed by atoms with E-state index in [1.54, 1.807) is 37.4 Å². The maximum Gasteiger partial charge on any atom is 0.268 e. The molecule has 168 valence electrons. The molecule has 2 heterocycles. The molecular weight excluding hydrogens is 426 g/mol. The van der Waals surface area contributed by atoms with Gasteiger partial charge in [0, 0.05) is 24.9 Å². The van der Waals surface area contributed by atoms with E-state index in [2.05, 4.69) is 25.5 Å². The Morgan fingerprint density at radius 3 is 2.28 bits per heavy atom. The molecule has 0 saturated carbocycles. The van der Waals surface area contributed by atoms with Gasteiger partial charge in [-0.2, -0.15) is 10.6 Å². The quantitative estimate of drug-likeness (QED) is 0.347. The van der Waals surface area contributed by atoms with Gasteiger partial charge in [-0.05, 0) is 50.7 Å². The highest BCUT2D eigenvalue weighted by Gasteiger charge is 2.17. The molecule has 0 saturated heterocycles. The van der Waals surface area contributed by atoms with Crippen LogP contribution in [0.5, 0.6) is 0 Å². The fraction of sp³-hybridized carbons (Fsp3) is 0.217. The third-order valence-electron chi connectivity index (χ3n) is 5.09. The maximum atomic E-state index is 10.1. The van der Waals surface area contributed by atoms with E-state index in [9.17, 15) is 9.11 Å². The summed E-state index contributed by atoms with van der Waals surface area (Å²) >= 11 is 0. The molecule has 9 heteroatoms. The molecule has 0 atom stereocenters. The number of aromatic nitrogens is 4. The molecule has 3 N–H and O–H groups in total. The fourth-order valence-electron chi connectivity index (χ4n) is 3.21. The van der Waals surface area contributed by atoms with Crippen LogP contribution >= 0.6 is 10.6 Å². The zero-order valence-corrected chi connectivity index (χ0v) is 18.9. The van der Waals surface area contributed by atoms with E-state index in [0.717, 1.165) is 23.2 Å². The first-order valence-electron chi connectivity index (χ1n) is 10.2. The summed E-state index contributed by atoms with van der Waals surface area (Å²) < 4.78 is 26.1. The first-order chi connectivity index (χ1) is 15.4. The number of aryl methyl sites for hydroxylation is 1. The number of benzene rings is 2. The monoisotopic (exact) mass is 453 g/mol. The van der Waals surface area contributed by atoms with Crippen LogP contribution in [0.4, 0.5) is 0 Å². The second-order valence-electron chi connectivity index (χ2n) is 7.31. The second kappa shape index (κ2) is 9.17. The lowest BCUT2D eigenvalue weighted by atomic mass is 10.1. The van der Waals surface area contributed by atoms with Crippen LogP contribution in [0.1, 0.15) is 19.6 Å². The van der Waals surface area contributed by atoms with Gasteiger partial charge in [-0.3, -0.25) is 14.1 Å². The van der Waals surface area contributed by atoms with Crippen molar-refractivity contribution in [2.75, 3.05) is 12.8 Å². The standard InChI is InChI=1S/C23H25N5O3S.H2/c1-4-32(29,30)19-11-9-17(10-12-19)20-14-25-15(2)21(26-20)23-28-27-22(31-23)18-7-5-16(6-8-18)13-24-3;/h5-12,14,24,29-30H,4,13H2,1-3H3;1H. The van der Waals surface area contributed by atoms with Gasteiger partial charge in [0.25, 0.3) is 5.89 Å². The van der Waals surface area contributed by atoms with Crippen LogP contribution < -0.4 is 5.32 Å². The van der Waals surface area contributed by atoms with E-state index in [1.807, 2.05) is 38.2 Å². The van der Waals surface area contributed by atoms with Crippen LogP contribution in [-0.4, -0.2) is 42.1 Å². The van der Waals surface area contributed by atoms with Gasteiger partial charge in [-0.15, -0.1) is 10.2 Å². The lowest BCUT2D eigenvalue weighted by Crippen LogP contribution is -2.04. The molecule has 0 radical (unpaired) electrons. The van der Waals surface area contributed by atoms with Crippen molar-refractivity contribution in [1.29, 1.82) is 0 Å². The van der Waals surface area contributed by atoms with Crippen molar-refractivity contribution in [2.24, 2.45) is 0 Å². The lowest BCUT2D eigenvalue weighted by Gasteiger charge is -2.30. The Morgan fingerprint density at radius 1 is 0.969 bits per heavy atom. The summed E-state index contributed by atoms with van der Waals surface area (Å²) in [6.45, 7) is 4.37. The Kier molecular flexibility index (Phi) is 6.33. The zero-order valence-electron chi connectivity index (χ0n) is 18.1. The van der Waals surface area contributed by atoms with Gasteiger partial charge in [0.15, 0.2) is 0 Å². The van der Waals surface area contributed by atoms with E-state index in [0.29, 0.717) is 33.8 Å². The predicted molar refractivity (Wildman–Crippen MR) is 127 cm³/mol.